The van der Waals surface area contributed by atoms with Gasteiger partial charge in [0.15, 0.2) is 0 Å². The number of rotatable bonds is 2. The second kappa shape index (κ2) is 5.38. The lowest BCUT2D eigenvalue weighted by Crippen LogP contribution is -2.48. The average molecular weight is 291 g/mol. The number of carbonyl (C=O) groups is 1. The van der Waals surface area contributed by atoms with Crippen LogP contribution in [-0.2, 0) is 4.74 Å². The van der Waals surface area contributed by atoms with Crippen LogP contribution in [0.1, 0.15) is 23.0 Å². The summed E-state index contributed by atoms with van der Waals surface area (Å²) in [5.74, 6) is 0.000602. The second-order valence-electron chi connectivity index (χ2n) is 4.84. The smallest absolute Gasteiger partial charge is 0.266 e. The first-order valence-corrected chi connectivity index (χ1v) is 7.55. The summed E-state index contributed by atoms with van der Waals surface area (Å²) in [5, 5.41) is 0.863. The maximum Gasteiger partial charge on any atom is 0.266 e. The highest BCUT2D eigenvalue weighted by Crippen LogP contribution is 2.33. The SMILES string of the molecule is CCC1COCCN1C(=O)c1sc2ncccc2c1N. The molecule has 5 nitrogen and oxygen atoms in total. The monoisotopic (exact) mass is 291 g/mol. The first-order chi connectivity index (χ1) is 9.72. The molecule has 1 unspecified atom stereocenters. The quantitative estimate of drug-likeness (QED) is 0.920. The van der Waals surface area contributed by atoms with Crippen LogP contribution < -0.4 is 5.73 Å². The Morgan fingerprint density at radius 2 is 2.50 bits per heavy atom. The van der Waals surface area contributed by atoms with Crippen LogP contribution in [0, 0.1) is 0 Å². The molecule has 106 valence electrons. The second-order valence-corrected chi connectivity index (χ2v) is 5.84. The summed E-state index contributed by atoms with van der Waals surface area (Å²) >= 11 is 1.37. The van der Waals surface area contributed by atoms with Crippen LogP contribution >= 0.6 is 11.3 Å². The minimum absolute atomic E-state index is 0.000602. The third kappa shape index (κ3) is 2.14. The van der Waals surface area contributed by atoms with Crippen molar-refractivity contribution < 1.29 is 9.53 Å². The number of fused-ring (bicyclic) bond motifs is 1. The molecule has 1 saturated heterocycles. The zero-order valence-corrected chi connectivity index (χ0v) is 12.2. The molecule has 3 heterocycles. The minimum Gasteiger partial charge on any atom is -0.397 e. The zero-order valence-electron chi connectivity index (χ0n) is 11.3. The Balaban J connectivity index is 1.97. The van der Waals surface area contributed by atoms with Crippen LogP contribution in [0.3, 0.4) is 0 Å². The summed E-state index contributed by atoms with van der Waals surface area (Å²) in [6, 6.07) is 3.87. The molecule has 0 spiro atoms. The van der Waals surface area contributed by atoms with Crippen molar-refractivity contribution in [1.29, 1.82) is 0 Å². The molecule has 0 bridgehead atoms. The van der Waals surface area contributed by atoms with Crippen LogP contribution in [-0.4, -0.2) is 41.6 Å². The van der Waals surface area contributed by atoms with Gasteiger partial charge in [0.25, 0.3) is 5.91 Å². The molecule has 2 N–H and O–H groups in total. The predicted molar refractivity (Wildman–Crippen MR) is 80.0 cm³/mol. The van der Waals surface area contributed by atoms with Gasteiger partial charge < -0.3 is 15.4 Å². The van der Waals surface area contributed by atoms with Gasteiger partial charge in [-0.1, -0.05) is 6.92 Å². The van der Waals surface area contributed by atoms with Gasteiger partial charge in [-0.3, -0.25) is 4.79 Å². The van der Waals surface area contributed by atoms with Gasteiger partial charge in [-0.2, -0.15) is 0 Å². The number of amides is 1. The number of nitrogens with zero attached hydrogens (tertiary/aromatic N) is 2. The molecule has 0 radical (unpaired) electrons. The number of pyridine rings is 1. The van der Waals surface area contributed by atoms with Crippen LogP contribution in [0.2, 0.25) is 0 Å². The number of nitrogens with two attached hydrogens (primary N) is 1. The van der Waals surface area contributed by atoms with Crippen molar-refractivity contribution in [3.8, 4) is 0 Å². The Morgan fingerprint density at radius 1 is 1.65 bits per heavy atom. The average Bonchev–Trinajstić information content (AvgIpc) is 2.84. The Kier molecular flexibility index (Phi) is 3.58. The van der Waals surface area contributed by atoms with E-state index < -0.39 is 0 Å². The lowest BCUT2D eigenvalue weighted by atomic mass is 10.1. The van der Waals surface area contributed by atoms with E-state index in [0.717, 1.165) is 16.6 Å². The third-order valence-electron chi connectivity index (χ3n) is 3.66. The number of thiophene rings is 1. The van der Waals surface area contributed by atoms with E-state index in [-0.39, 0.29) is 11.9 Å². The molecule has 0 aromatic carbocycles. The van der Waals surface area contributed by atoms with E-state index in [1.54, 1.807) is 6.20 Å². The maximum atomic E-state index is 12.7. The van der Waals surface area contributed by atoms with Crippen LogP contribution in [0.5, 0.6) is 0 Å². The van der Waals surface area contributed by atoms with Crippen molar-refractivity contribution >= 4 is 33.1 Å². The highest BCUT2D eigenvalue weighted by Gasteiger charge is 2.29. The fourth-order valence-electron chi connectivity index (χ4n) is 2.50. The number of hydrogen-bond acceptors (Lipinski definition) is 5. The summed E-state index contributed by atoms with van der Waals surface area (Å²) < 4.78 is 5.44. The van der Waals surface area contributed by atoms with E-state index in [0.29, 0.717) is 30.3 Å². The number of nitrogen functional groups attached to an aromatic ring is 1. The van der Waals surface area contributed by atoms with Crippen molar-refractivity contribution in [1.82, 2.24) is 9.88 Å². The first-order valence-electron chi connectivity index (χ1n) is 6.74. The van der Waals surface area contributed by atoms with Gasteiger partial charge in [-0.25, -0.2) is 4.98 Å². The summed E-state index contributed by atoms with van der Waals surface area (Å²) in [5.41, 5.74) is 6.67. The molecule has 0 aliphatic carbocycles. The lowest BCUT2D eigenvalue weighted by molar-refractivity contribution is -0.00248. The molecule has 0 saturated carbocycles. The van der Waals surface area contributed by atoms with Gasteiger partial charge in [-0.15, -0.1) is 11.3 Å². The van der Waals surface area contributed by atoms with E-state index in [4.69, 9.17) is 10.5 Å². The van der Waals surface area contributed by atoms with E-state index in [2.05, 4.69) is 11.9 Å². The van der Waals surface area contributed by atoms with Crippen molar-refractivity contribution in [2.45, 2.75) is 19.4 Å². The van der Waals surface area contributed by atoms with Crippen molar-refractivity contribution in [2.24, 2.45) is 0 Å². The Bertz CT molecular complexity index is 640. The standard InChI is InChI=1S/C14H17N3O2S/c1-2-9-8-19-7-6-17(9)14(18)12-11(15)10-4-3-5-16-13(10)20-12/h3-5,9H,2,6-8,15H2,1H3. The number of hydrogen-bond donors (Lipinski definition) is 1. The lowest BCUT2D eigenvalue weighted by Gasteiger charge is -2.34. The Labute approximate surface area is 121 Å². The molecule has 3 rings (SSSR count). The van der Waals surface area contributed by atoms with E-state index >= 15 is 0 Å². The number of ether oxygens (including phenoxy) is 1. The molecule has 1 aliphatic rings. The number of aromatic nitrogens is 1. The zero-order chi connectivity index (χ0) is 14.1. The Hall–Kier alpha value is -1.66. The molecule has 2 aromatic rings. The summed E-state index contributed by atoms with van der Waals surface area (Å²) in [6.07, 6.45) is 2.60. The van der Waals surface area contributed by atoms with Gasteiger partial charge in [0.1, 0.15) is 9.71 Å². The summed E-state index contributed by atoms with van der Waals surface area (Å²) in [4.78, 5) is 20.3. The number of carbonyl (C=O) groups excluding carboxylic acids is 1. The number of morpholine rings is 1. The maximum absolute atomic E-state index is 12.7. The fraction of sp³-hybridized carbons (Fsp3) is 0.429. The molecule has 1 fully saturated rings. The molecule has 1 amide bonds. The molecule has 1 aliphatic heterocycles. The van der Waals surface area contributed by atoms with Crippen LogP contribution in [0.4, 0.5) is 5.69 Å². The van der Waals surface area contributed by atoms with E-state index in [1.807, 2.05) is 17.0 Å². The largest absolute Gasteiger partial charge is 0.397 e. The predicted octanol–water partition coefficient (Wildman–Crippen LogP) is 2.13. The van der Waals surface area contributed by atoms with Crippen molar-refractivity contribution in [3.63, 3.8) is 0 Å². The molecule has 6 heteroatoms. The minimum atomic E-state index is 0.000602. The van der Waals surface area contributed by atoms with E-state index in [1.165, 1.54) is 11.3 Å². The van der Waals surface area contributed by atoms with Crippen molar-refractivity contribution in [3.05, 3.63) is 23.2 Å². The van der Waals surface area contributed by atoms with Gasteiger partial charge in [0.2, 0.25) is 0 Å². The topological polar surface area (TPSA) is 68.5 Å². The Morgan fingerprint density at radius 3 is 3.25 bits per heavy atom. The van der Waals surface area contributed by atoms with Crippen LogP contribution in [0.15, 0.2) is 18.3 Å². The highest BCUT2D eigenvalue weighted by molar-refractivity contribution is 7.21. The normalized spacial score (nSPS) is 19.4. The first kappa shape index (κ1) is 13.3. The molecular formula is C14H17N3O2S. The van der Waals surface area contributed by atoms with Crippen LogP contribution in [0.25, 0.3) is 10.2 Å². The van der Waals surface area contributed by atoms with E-state index in [9.17, 15) is 4.79 Å². The summed E-state index contributed by atoms with van der Waals surface area (Å²) in [7, 11) is 0. The molecule has 20 heavy (non-hydrogen) atoms. The van der Waals surface area contributed by atoms with Gasteiger partial charge in [-0.05, 0) is 18.6 Å². The molecular weight excluding hydrogens is 274 g/mol. The highest BCUT2D eigenvalue weighted by atomic mass is 32.1. The van der Waals surface area contributed by atoms with Gasteiger partial charge in [0, 0.05) is 18.1 Å². The fourth-order valence-corrected chi connectivity index (χ4v) is 3.52. The van der Waals surface area contributed by atoms with Gasteiger partial charge in [0.05, 0.1) is 24.9 Å². The molecule has 1 atom stereocenters. The van der Waals surface area contributed by atoms with Crippen molar-refractivity contribution in [2.75, 3.05) is 25.5 Å². The summed E-state index contributed by atoms with van der Waals surface area (Å²) in [6.45, 7) is 3.88. The number of anilines is 1. The third-order valence-corrected chi connectivity index (χ3v) is 4.78. The molecule has 2 aromatic heterocycles. The van der Waals surface area contributed by atoms with Gasteiger partial charge >= 0.3 is 0 Å².